The standard InChI is InChI=1S/C18H20FN3O3/c1-11-10-12(8-9-20-11)16(23)22-15-13(19)6-5-7-14(15)21-17(24)25-18(2,3)4/h5-10H,1-4H3,(H,21,24)(H,22,23). The van der Waals surface area contributed by atoms with Gasteiger partial charge in [-0.1, -0.05) is 6.07 Å². The van der Waals surface area contributed by atoms with Crippen molar-refractivity contribution in [3.63, 3.8) is 0 Å². The van der Waals surface area contributed by atoms with Gasteiger partial charge in [-0.2, -0.15) is 0 Å². The van der Waals surface area contributed by atoms with Crippen molar-refractivity contribution in [3.8, 4) is 0 Å². The molecule has 0 aliphatic rings. The second kappa shape index (κ2) is 7.29. The van der Waals surface area contributed by atoms with Gasteiger partial charge in [0.15, 0.2) is 0 Å². The van der Waals surface area contributed by atoms with E-state index in [0.29, 0.717) is 11.3 Å². The molecular formula is C18H20FN3O3. The fourth-order valence-corrected chi connectivity index (χ4v) is 2.04. The molecule has 132 valence electrons. The second-order valence-electron chi connectivity index (χ2n) is 6.43. The van der Waals surface area contributed by atoms with Crippen LogP contribution in [-0.2, 0) is 4.74 Å². The number of carbonyl (C=O) groups excluding carboxylic acids is 2. The maximum atomic E-state index is 14.2. The van der Waals surface area contributed by atoms with Crippen LogP contribution in [0.25, 0.3) is 0 Å². The summed E-state index contributed by atoms with van der Waals surface area (Å²) in [5, 5.41) is 4.93. The number of para-hydroxylation sites is 1. The zero-order valence-electron chi connectivity index (χ0n) is 14.5. The van der Waals surface area contributed by atoms with Crippen molar-refractivity contribution in [2.45, 2.75) is 33.3 Å². The first-order valence-electron chi connectivity index (χ1n) is 7.68. The summed E-state index contributed by atoms with van der Waals surface area (Å²) in [6.45, 7) is 6.89. The number of hydrogen-bond donors (Lipinski definition) is 2. The molecule has 0 bridgehead atoms. The van der Waals surface area contributed by atoms with E-state index in [1.54, 1.807) is 33.8 Å². The molecule has 0 aliphatic heterocycles. The molecule has 0 saturated heterocycles. The predicted octanol–water partition coefficient (Wildman–Crippen LogP) is 4.13. The molecule has 0 aliphatic carbocycles. The third kappa shape index (κ3) is 5.27. The van der Waals surface area contributed by atoms with E-state index < -0.39 is 23.4 Å². The lowest BCUT2D eigenvalue weighted by molar-refractivity contribution is 0.0635. The summed E-state index contributed by atoms with van der Waals surface area (Å²) in [7, 11) is 0. The van der Waals surface area contributed by atoms with Gasteiger partial charge < -0.3 is 10.1 Å². The van der Waals surface area contributed by atoms with Gasteiger partial charge in [0, 0.05) is 17.5 Å². The number of anilines is 2. The Bertz CT molecular complexity index is 800. The summed E-state index contributed by atoms with van der Waals surface area (Å²) >= 11 is 0. The van der Waals surface area contributed by atoms with Crippen molar-refractivity contribution in [3.05, 3.63) is 53.6 Å². The van der Waals surface area contributed by atoms with E-state index in [4.69, 9.17) is 4.74 Å². The third-order valence-electron chi connectivity index (χ3n) is 3.05. The smallest absolute Gasteiger partial charge is 0.412 e. The second-order valence-corrected chi connectivity index (χ2v) is 6.43. The zero-order valence-corrected chi connectivity index (χ0v) is 14.5. The van der Waals surface area contributed by atoms with Gasteiger partial charge in [0.1, 0.15) is 17.1 Å². The molecule has 1 aromatic heterocycles. The molecule has 0 unspecified atom stereocenters. The molecule has 0 fully saturated rings. The molecule has 0 atom stereocenters. The molecular weight excluding hydrogens is 325 g/mol. The molecule has 2 rings (SSSR count). The van der Waals surface area contributed by atoms with Gasteiger partial charge in [-0.3, -0.25) is 15.1 Å². The van der Waals surface area contributed by atoms with Crippen molar-refractivity contribution in [1.82, 2.24) is 4.98 Å². The summed E-state index contributed by atoms with van der Waals surface area (Å²) in [6, 6.07) is 7.18. The van der Waals surface area contributed by atoms with Crippen molar-refractivity contribution < 1.29 is 18.7 Å². The molecule has 0 spiro atoms. The molecule has 1 aromatic carbocycles. The van der Waals surface area contributed by atoms with E-state index in [2.05, 4.69) is 15.6 Å². The number of aromatic nitrogens is 1. The highest BCUT2D eigenvalue weighted by Gasteiger charge is 2.19. The van der Waals surface area contributed by atoms with Crippen LogP contribution in [0.5, 0.6) is 0 Å². The number of nitrogens with one attached hydrogen (secondary N) is 2. The number of halogens is 1. The lowest BCUT2D eigenvalue weighted by Gasteiger charge is -2.20. The van der Waals surface area contributed by atoms with E-state index in [0.717, 1.165) is 0 Å². The lowest BCUT2D eigenvalue weighted by atomic mass is 10.2. The van der Waals surface area contributed by atoms with Crippen molar-refractivity contribution >= 4 is 23.4 Å². The average molecular weight is 345 g/mol. The molecule has 25 heavy (non-hydrogen) atoms. The van der Waals surface area contributed by atoms with Gasteiger partial charge in [-0.15, -0.1) is 0 Å². The first-order chi connectivity index (χ1) is 11.7. The number of nitrogens with zero attached hydrogens (tertiary/aromatic N) is 1. The predicted molar refractivity (Wildman–Crippen MR) is 93.2 cm³/mol. The molecule has 2 aromatic rings. The highest BCUT2D eigenvalue weighted by Crippen LogP contribution is 2.26. The van der Waals surface area contributed by atoms with Crippen LogP contribution >= 0.6 is 0 Å². The van der Waals surface area contributed by atoms with Gasteiger partial charge in [0.2, 0.25) is 0 Å². The number of benzene rings is 1. The molecule has 0 radical (unpaired) electrons. The molecule has 2 amide bonds. The Kier molecular flexibility index (Phi) is 5.36. The molecule has 7 heteroatoms. The van der Waals surface area contributed by atoms with Crippen molar-refractivity contribution in [2.24, 2.45) is 0 Å². The Balaban J connectivity index is 2.23. The van der Waals surface area contributed by atoms with Crippen LogP contribution in [0.4, 0.5) is 20.6 Å². The van der Waals surface area contributed by atoms with Gasteiger partial charge in [-0.05, 0) is 52.0 Å². The topological polar surface area (TPSA) is 80.3 Å². The fraction of sp³-hybridized carbons (Fsp3) is 0.278. The van der Waals surface area contributed by atoms with Crippen LogP contribution in [0, 0.1) is 12.7 Å². The third-order valence-corrected chi connectivity index (χ3v) is 3.05. The minimum Gasteiger partial charge on any atom is -0.444 e. The Labute approximate surface area is 145 Å². The van der Waals surface area contributed by atoms with E-state index in [1.807, 2.05) is 0 Å². The number of hydrogen-bond acceptors (Lipinski definition) is 4. The zero-order chi connectivity index (χ0) is 18.6. The van der Waals surface area contributed by atoms with E-state index in [1.165, 1.54) is 30.5 Å². The van der Waals surface area contributed by atoms with Gasteiger partial charge in [-0.25, -0.2) is 9.18 Å². The quantitative estimate of drug-likeness (QED) is 0.876. The van der Waals surface area contributed by atoms with Crippen LogP contribution in [0.3, 0.4) is 0 Å². The number of rotatable bonds is 3. The van der Waals surface area contributed by atoms with Crippen molar-refractivity contribution in [2.75, 3.05) is 10.6 Å². The fourth-order valence-electron chi connectivity index (χ4n) is 2.04. The number of pyridine rings is 1. The molecule has 6 nitrogen and oxygen atoms in total. The average Bonchev–Trinajstić information content (AvgIpc) is 2.48. The number of ether oxygens (including phenoxy) is 1. The van der Waals surface area contributed by atoms with Crippen LogP contribution in [-0.4, -0.2) is 22.6 Å². The van der Waals surface area contributed by atoms with Gasteiger partial charge >= 0.3 is 6.09 Å². The maximum Gasteiger partial charge on any atom is 0.412 e. The van der Waals surface area contributed by atoms with E-state index in [9.17, 15) is 14.0 Å². The summed E-state index contributed by atoms with van der Waals surface area (Å²) in [5.41, 5.74) is 0.267. The summed E-state index contributed by atoms with van der Waals surface area (Å²) in [4.78, 5) is 28.3. The molecule has 1 heterocycles. The van der Waals surface area contributed by atoms with Crippen molar-refractivity contribution in [1.29, 1.82) is 0 Å². The van der Waals surface area contributed by atoms with Crippen LogP contribution < -0.4 is 10.6 Å². The number of carbonyl (C=O) groups is 2. The van der Waals surface area contributed by atoms with Crippen LogP contribution in [0.1, 0.15) is 36.8 Å². The van der Waals surface area contributed by atoms with E-state index in [-0.39, 0.29) is 11.4 Å². The summed E-state index contributed by atoms with van der Waals surface area (Å²) in [5.74, 6) is -1.18. The number of amides is 2. The maximum absolute atomic E-state index is 14.2. The monoisotopic (exact) mass is 345 g/mol. The van der Waals surface area contributed by atoms with E-state index >= 15 is 0 Å². The minimum absolute atomic E-state index is 0.105. The van der Waals surface area contributed by atoms with Crippen LogP contribution in [0.15, 0.2) is 36.5 Å². The van der Waals surface area contributed by atoms with Crippen LogP contribution in [0.2, 0.25) is 0 Å². The Morgan fingerprint density at radius 1 is 1.16 bits per heavy atom. The largest absolute Gasteiger partial charge is 0.444 e. The molecule has 0 saturated carbocycles. The Morgan fingerprint density at radius 2 is 1.88 bits per heavy atom. The highest BCUT2D eigenvalue weighted by molar-refractivity contribution is 6.07. The Morgan fingerprint density at radius 3 is 2.52 bits per heavy atom. The number of aryl methyl sites for hydroxylation is 1. The lowest BCUT2D eigenvalue weighted by Crippen LogP contribution is -2.27. The first-order valence-corrected chi connectivity index (χ1v) is 7.68. The Hall–Kier alpha value is -2.96. The normalized spacial score (nSPS) is 10.9. The van der Waals surface area contributed by atoms with Gasteiger partial charge in [0.25, 0.3) is 5.91 Å². The van der Waals surface area contributed by atoms with Gasteiger partial charge in [0.05, 0.1) is 5.69 Å². The summed E-state index contributed by atoms with van der Waals surface area (Å²) in [6.07, 6.45) is 0.749. The first kappa shape index (κ1) is 18.4. The summed E-state index contributed by atoms with van der Waals surface area (Å²) < 4.78 is 19.3. The minimum atomic E-state index is -0.742. The molecule has 2 N–H and O–H groups in total. The SMILES string of the molecule is Cc1cc(C(=O)Nc2c(F)cccc2NC(=O)OC(C)(C)C)ccn1. The highest BCUT2D eigenvalue weighted by atomic mass is 19.1.